The molecule has 3 N–H and O–H groups in total. The normalized spacial score (nSPS) is 29.2. The predicted molar refractivity (Wildman–Crippen MR) is 142 cm³/mol. The number of fused-ring (bicyclic) bond motifs is 6. The van der Waals surface area contributed by atoms with Crippen molar-refractivity contribution in [3.8, 4) is 5.75 Å². The highest BCUT2D eigenvalue weighted by molar-refractivity contribution is 6.00. The Morgan fingerprint density at radius 2 is 1.97 bits per heavy atom. The van der Waals surface area contributed by atoms with Gasteiger partial charge in [0.25, 0.3) is 5.91 Å². The van der Waals surface area contributed by atoms with Gasteiger partial charge in [0.1, 0.15) is 5.75 Å². The summed E-state index contributed by atoms with van der Waals surface area (Å²) in [7, 11) is 0. The summed E-state index contributed by atoms with van der Waals surface area (Å²) in [6.07, 6.45) is 6.48. The molecule has 0 aromatic heterocycles. The van der Waals surface area contributed by atoms with E-state index >= 15 is 0 Å². The Balaban J connectivity index is 1.41. The SMILES string of the molecule is CC[C@]12CCCCc3ccc4c(c3)[C@H](C[C@H]4C)NC(=O)c3ccc4c(c3)[C@@H](CCO4)N(C(=N)N1)C(=O)C2. The molecule has 0 unspecified atom stereocenters. The highest BCUT2D eigenvalue weighted by atomic mass is 16.5. The smallest absolute Gasteiger partial charge is 0.251 e. The molecule has 37 heavy (non-hydrogen) atoms. The van der Waals surface area contributed by atoms with Gasteiger partial charge in [-0.25, -0.2) is 0 Å². The molecule has 5 aliphatic rings. The summed E-state index contributed by atoms with van der Waals surface area (Å²) in [5.41, 5.74) is 4.84. The topological polar surface area (TPSA) is 94.5 Å². The molecule has 6 bridgehead atoms. The quantitative estimate of drug-likeness (QED) is 0.507. The molecule has 194 valence electrons. The number of rotatable bonds is 1. The molecule has 1 fully saturated rings. The van der Waals surface area contributed by atoms with E-state index in [9.17, 15) is 9.59 Å². The third kappa shape index (κ3) is 4.18. The number of nitrogens with zero attached hydrogens (tertiary/aromatic N) is 1. The van der Waals surface area contributed by atoms with E-state index in [1.807, 2.05) is 12.1 Å². The molecule has 2 amide bonds. The van der Waals surface area contributed by atoms with Crippen LogP contribution in [0.3, 0.4) is 0 Å². The van der Waals surface area contributed by atoms with Crippen LogP contribution in [0.15, 0.2) is 36.4 Å². The molecule has 2 aromatic carbocycles. The summed E-state index contributed by atoms with van der Waals surface area (Å²) in [6, 6.07) is 11.9. The maximum atomic E-state index is 13.6. The minimum Gasteiger partial charge on any atom is -0.493 e. The molecule has 7 nitrogen and oxygen atoms in total. The van der Waals surface area contributed by atoms with Crippen LogP contribution in [0, 0.1) is 5.41 Å². The lowest BCUT2D eigenvalue weighted by atomic mass is 9.83. The number of hydrogen-bond donors (Lipinski definition) is 3. The summed E-state index contributed by atoms with van der Waals surface area (Å²) in [5, 5.41) is 15.6. The number of carbonyl (C=O) groups excluding carboxylic acids is 2. The van der Waals surface area contributed by atoms with Gasteiger partial charge in [-0.05, 0) is 72.9 Å². The average Bonchev–Trinajstić information content (AvgIpc) is 3.19. The van der Waals surface area contributed by atoms with Crippen molar-refractivity contribution in [2.45, 2.75) is 88.8 Å². The lowest BCUT2D eigenvalue weighted by Crippen LogP contribution is -2.63. The molecule has 7 rings (SSSR count). The Kier molecular flexibility index (Phi) is 5.97. The molecular formula is C30H36N4O3. The van der Waals surface area contributed by atoms with Gasteiger partial charge in [0.2, 0.25) is 5.91 Å². The van der Waals surface area contributed by atoms with Gasteiger partial charge in [0.05, 0.1) is 25.1 Å². The fraction of sp³-hybridized carbons (Fsp3) is 0.500. The van der Waals surface area contributed by atoms with Crippen molar-refractivity contribution >= 4 is 17.8 Å². The minimum absolute atomic E-state index is 0.0125. The van der Waals surface area contributed by atoms with Crippen LogP contribution in [-0.2, 0) is 11.2 Å². The van der Waals surface area contributed by atoms with Crippen LogP contribution in [0.1, 0.15) is 109 Å². The Hall–Kier alpha value is -3.35. The van der Waals surface area contributed by atoms with Crippen molar-refractivity contribution in [2.24, 2.45) is 0 Å². The summed E-state index contributed by atoms with van der Waals surface area (Å²) in [5.74, 6) is 1.10. The number of amides is 2. The van der Waals surface area contributed by atoms with E-state index < -0.39 is 0 Å². The van der Waals surface area contributed by atoms with Crippen LogP contribution in [0.5, 0.6) is 5.75 Å². The highest BCUT2D eigenvalue weighted by Crippen LogP contribution is 2.42. The molecule has 0 saturated carbocycles. The van der Waals surface area contributed by atoms with Gasteiger partial charge < -0.3 is 15.4 Å². The first kappa shape index (κ1) is 24.0. The van der Waals surface area contributed by atoms with E-state index in [-0.39, 0.29) is 35.4 Å². The largest absolute Gasteiger partial charge is 0.493 e. The molecule has 7 heteroatoms. The average molecular weight is 501 g/mol. The second kappa shape index (κ2) is 9.19. The van der Waals surface area contributed by atoms with Gasteiger partial charge in [0.15, 0.2) is 5.96 Å². The first-order chi connectivity index (χ1) is 17.9. The number of benzene rings is 2. The number of hydrogen-bond acceptors (Lipinski definition) is 4. The molecule has 0 spiro atoms. The molecule has 0 radical (unpaired) electrons. The second-order valence-corrected chi connectivity index (χ2v) is 11.3. The Morgan fingerprint density at radius 1 is 1.11 bits per heavy atom. The van der Waals surface area contributed by atoms with E-state index in [1.54, 1.807) is 11.0 Å². The maximum Gasteiger partial charge on any atom is 0.251 e. The van der Waals surface area contributed by atoms with E-state index in [1.165, 1.54) is 16.7 Å². The molecule has 4 heterocycles. The van der Waals surface area contributed by atoms with Crippen molar-refractivity contribution in [1.29, 1.82) is 5.41 Å². The van der Waals surface area contributed by atoms with Crippen LogP contribution in [-0.4, -0.2) is 34.8 Å². The van der Waals surface area contributed by atoms with Gasteiger partial charge in [-0.3, -0.25) is 19.9 Å². The minimum atomic E-state index is -0.385. The van der Waals surface area contributed by atoms with Crippen LogP contribution >= 0.6 is 0 Å². The summed E-state index contributed by atoms with van der Waals surface area (Å²) >= 11 is 0. The van der Waals surface area contributed by atoms with Crippen LogP contribution in [0.25, 0.3) is 0 Å². The van der Waals surface area contributed by atoms with Gasteiger partial charge in [-0.1, -0.05) is 38.5 Å². The standard InChI is InChI=1S/C30H36N4O3/c1-3-30-12-5-4-6-19-7-9-21-18(2)14-24(22(21)15-19)32-28(36)20-8-10-26-23(16-20)25(11-13-37-26)34(27(35)17-30)29(31)33-30/h7-10,15-16,18,24-25H,3-6,11-14,17H2,1-2H3,(H2,31,33)(H,32,36)/t18-,24+,25-,30-/m1/s1. The van der Waals surface area contributed by atoms with E-state index in [2.05, 4.69) is 42.7 Å². The number of guanidine groups is 1. The summed E-state index contributed by atoms with van der Waals surface area (Å²) < 4.78 is 5.90. The Bertz CT molecular complexity index is 1250. The number of carbonyl (C=O) groups is 2. The van der Waals surface area contributed by atoms with Crippen molar-refractivity contribution in [2.75, 3.05) is 6.61 Å². The van der Waals surface area contributed by atoms with Crippen molar-refractivity contribution in [1.82, 2.24) is 15.5 Å². The lowest BCUT2D eigenvalue weighted by molar-refractivity contribution is -0.133. The third-order valence-electron chi connectivity index (χ3n) is 8.97. The Labute approximate surface area is 218 Å². The molecular weight excluding hydrogens is 464 g/mol. The third-order valence-corrected chi connectivity index (χ3v) is 8.97. The van der Waals surface area contributed by atoms with Gasteiger partial charge in [-0.15, -0.1) is 0 Å². The molecule has 1 aliphatic carbocycles. The van der Waals surface area contributed by atoms with E-state index in [4.69, 9.17) is 10.1 Å². The molecule has 2 aromatic rings. The second-order valence-electron chi connectivity index (χ2n) is 11.3. The van der Waals surface area contributed by atoms with Gasteiger partial charge >= 0.3 is 0 Å². The first-order valence-electron chi connectivity index (χ1n) is 13.8. The van der Waals surface area contributed by atoms with Crippen molar-refractivity contribution in [3.05, 3.63) is 64.2 Å². The van der Waals surface area contributed by atoms with Gasteiger partial charge in [0, 0.05) is 23.1 Å². The summed E-state index contributed by atoms with van der Waals surface area (Å²) in [6.45, 7) is 4.80. The Morgan fingerprint density at radius 3 is 2.78 bits per heavy atom. The van der Waals surface area contributed by atoms with E-state index in [0.717, 1.165) is 44.1 Å². The van der Waals surface area contributed by atoms with Crippen LogP contribution < -0.4 is 15.4 Å². The molecule has 4 atom stereocenters. The highest BCUT2D eigenvalue weighted by Gasteiger charge is 2.44. The monoisotopic (exact) mass is 500 g/mol. The van der Waals surface area contributed by atoms with Crippen molar-refractivity contribution < 1.29 is 14.3 Å². The number of nitrogens with one attached hydrogen (secondary N) is 3. The van der Waals surface area contributed by atoms with Crippen LogP contribution in [0.4, 0.5) is 0 Å². The number of aryl methyl sites for hydroxylation is 1. The van der Waals surface area contributed by atoms with Gasteiger partial charge in [-0.2, -0.15) is 0 Å². The summed E-state index contributed by atoms with van der Waals surface area (Å²) in [4.78, 5) is 28.6. The molecule has 4 aliphatic heterocycles. The fourth-order valence-corrected chi connectivity index (χ4v) is 6.82. The van der Waals surface area contributed by atoms with Crippen LogP contribution in [0.2, 0.25) is 0 Å². The number of ether oxygens (including phenoxy) is 1. The zero-order chi connectivity index (χ0) is 25.7. The lowest BCUT2D eigenvalue weighted by Gasteiger charge is -2.46. The van der Waals surface area contributed by atoms with Crippen molar-refractivity contribution in [3.63, 3.8) is 0 Å². The van der Waals surface area contributed by atoms with E-state index in [0.29, 0.717) is 36.7 Å². The maximum absolute atomic E-state index is 13.6. The molecule has 1 saturated heterocycles. The first-order valence-corrected chi connectivity index (χ1v) is 13.8. The zero-order valence-corrected chi connectivity index (χ0v) is 21.7. The zero-order valence-electron chi connectivity index (χ0n) is 21.7. The predicted octanol–water partition coefficient (Wildman–Crippen LogP) is 5.12. The fourth-order valence-electron chi connectivity index (χ4n) is 6.82.